The van der Waals surface area contributed by atoms with E-state index in [1.807, 2.05) is 94.9 Å². The van der Waals surface area contributed by atoms with E-state index in [-0.39, 0.29) is 65.3 Å². The summed E-state index contributed by atoms with van der Waals surface area (Å²) >= 11 is 34.9. The van der Waals surface area contributed by atoms with Crippen LogP contribution in [0.2, 0.25) is 0 Å². The molecule has 2 amide bonds. The maximum Gasteiger partial charge on any atom is 0.423 e. The van der Waals surface area contributed by atoms with Crippen molar-refractivity contribution < 1.29 is 72.1 Å². The number of rotatable bonds is 16. The number of ether oxygens (including phenoxy) is 8. The van der Waals surface area contributed by atoms with Crippen LogP contribution in [0.4, 0.5) is 4.79 Å². The number of aliphatic hydroxyl groups excluding tert-OH is 2. The van der Waals surface area contributed by atoms with Gasteiger partial charge in [-0.15, -0.1) is 68.4 Å². The van der Waals surface area contributed by atoms with Crippen LogP contribution in [-0.4, -0.2) is 189 Å². The number of hydrogen-bond acceptors (Lipinski definition) is 27. The lowest BCUT2D eigenvalue weighted by Gasteiger charge is -2.44. The topological polar surface area (TPSA) is 258 Å². The predicted molar refractivity (Wildman–Crippen MR) is 511 cm³/mol. The number of nitrogens with two attached hydrogens (primary N) is 1. The van der Waals surface area contributed by atoms with Crippen molar-refractivity contribution in [2.45, 2.75) is 112 Å². The Hall–Kier alpha value is -3.96. The number of amidine groups is 1. The summed E-state index contributed by atoms with van der Waals surface area (Å²) in [6, 6.07) is 38.2. The van der Waals surface area contributed by atoms with Gasteiger partial charge in [-0.05, 0) is 169 Å². The molecule has 11 atom stereocenters. The zero-order valence-corrected chi connectivity index (χ0v) is 82.4. The van der Waals surface area contributed by atoms with Crippen molar-refractivity contribution in [2.75, 3.05) is 124 Å². The van der Waals surface area contributed by atoms with Crippen LogP contribution in [0.25, 0.3) is 0 Å². The van der Waals surface area contributed by atoms with E-state index in [2.05, 4.69) is 125 Å². The minimum absolute atomic E-state index is 0.00296. The molecule has 1 unspecified atom stereocenters. The molecule has 0 spiro atoms. The van der Waals surface area contributed by atoms with Crippen LogP contribution in [-0.2, 0) is 70.2 Å². The minimum atomic E-state index is -0.746. The van der Waals surface area contributed by atoms with Crippen molar-refractivity contribution in [1.82, 2.24) is 4.90 Å². The number of aliphatic imine (C=N–C) groups is 2. The van der Waals surface area contributed by atoms with Crippen LogP contribution in [0, 0.1) is 35.5 Å². The molecule has 7 fully saturated rings. The van der Waals surface area contributed by atoms with Crippen LogP contribution in [0.1, 0.15) is 134 Å². The molecule has 122 heavy (non-hydrogen) atoms. The summed E-state index contributed by atoms with van der Waals surface area (Å²) in [5.41, 5.74) is 7.49. The summed E-state index contributed by atoms with van der Waals surface area (Å²) < 4.78 is 49.9. The van der Waals surface area contributed by atoms with E-state index in [1.165, 1.54) is 36.6 Å². The van der Waals surface area contributed by atoms with E-state index in [0.717, 1.165) is 145 Å². The number of thiophene rings is 5. The van der Waals surface area contributed by atoms with Crippen LogP contribution < -0.4 is 5.73 Å². The normalized spacial score (nSPS) is 27.0. The number of thioether (sulfide) groups is 2. The van der Waals surface area contributed by atoms with E-state index in [0.29, 0.717) is 98.7 Å². The molecule has 15 heterocycles. The number of ketones is 2. The quantitative estimate of drug-likeness (QED) is 0.0600. The molecule has 33 heteroatoms. The standard InChI is InChI=1S/C23H25BrN2O4S2.C20H21BrO3S2.C19H18BrNO2S2.C11H13BrO2S.C10H14BrNO2S.C6H9NO2/c1-22(2,3)30-21(28)26(19(27)15-7-5-4-6-8-15)20-25-23(18-11-17(24)14-31-18)9-10-29-12-16(23)13-32-20;21-16-8-19(26-13-16)20(6-7-24-12-15(20)11-22)10-17(25)9-18(23)14-4-2-1-3-5-14;20-15-8-17(24-12-15)19-6-7-23-10-14(19)11-25-18(21-19)9-16(22)13-4-2-1-3-5-13;12-9-3-10(15-6-9)11-1-2-13-4-8(11)5-14-7-11;11-8-3-9(15-6-8)10(12)1-2-14-5-7(10)4-13;1-2-8-3-5-4-9-7-6(1)5/h4-8,11,14,16H,9-10,12-13H2,1-3H3;1-5,8,13,15,22H,6-7,9-12H2;1-5,8,12,14H,6-7,9-11H2;3,6,8H,1-2,4-5,7H2;3,6-7,13H,1-2,4-5,12H2;5H,1-4H2/t16-,23-;15-,20+;14-,19-;8-,11-;7-,10+;/m01001./s1. The smallest absolute Gasteiger partial charge is 0.423 e. The van der Waals surface area contributed by atoms with Gasteiger partial charge in [0.25, 0.3) is 5.91 Å². The van der Waals surface area contributed by atoms with Crippen LogP contribution in [0.15, 0.2) is 186 Å². The van der Waals surface area contributed by atoms with Crippen molar-refractivity contribution in [3.05, 3.63) is 212 Å². The number of Topliss-reactive ketones (excluding diaryl/α,β-unsaturated/α-hetero) is 2. The highest BCUT2D eigenvalue weighted by atomic mass is 79.9. The van der Waals surface area contributed by atoms with Gasteiger partial charge in [-0.25, -0.2) is 9.79 Å². The molecule has 10 aliphatic heterocycles. The monoisotopic (exact) mass is 2130 g/mol. The van der Waals surface area contributed by atoms with E-state index < -0.39 is 28.7 Å². The summed E-state index contributed by atoms with van der Waals surface area (Å²) in [6.45, 7) is 16.3. The molecular formula is C89H100Br5N5O15S8. The van der Waals surface area contributed by atoms with Gasteiger partial charge in [0.05, 0.1) is 94.7 Å². The first-order valence-electron chi connectivity index (χ1n) is 40.6. The molecule has 3 aromatic carbocycles. The molecule has 10 aliphatic rings. The highest BCUT2D eigenvalue weighted by Gasteiger charge is 2.52. The van der Waals surface area contributed by atoms with E-state index in [9.17, 15) is 29.4 Å². The zero-order valence-electron chi connectivity index (χ0n) is 67.9. The van der Waals surface area contributed by atoms with Gasteiger partial charge in [-0.1, -0.05) is 108 Å². The molecule has 0 saturated carbocycles. The van der Waals surface area contributed by atoms with Gasteiger partial charge in [-0.2, -0.15) is 4.90 Å². The Morgan fingerprint density at radius 1 is 0.533 bits per heavy atom. The number of hydrogen-bond donors (Lipinski definition) is 3. The molecule has 0 radical (unpaired) electrons. The van der Waals surface area contributed by atoms with Gasteiger partial charge in [0.15, 0.2) is 16.7 Å². The van der Waals surface area contributed by atoms with Crippen LogP contribution >= 0.6 is 172 Å². The van der Waals surface area contributed by atoms with E-state index in [1.54, 1.807) is 102 Å². The number of benzene rings is 3. The number of aliphatic hydroxyl groups is 2. The SMILES string of the molecule is Brc1csc([C@]23CCOC[C@H]2COC3)c1.C1CC2=NOCC2CO1.CC(C)(C)OC(=O)N(C(=O)c1ccccc1)C1=N[C@@]2(c3cc(Br)cs3)CCOC[C@H]2CS1.N[C@@]1(c2cc(Br)cs2)CCOC[C@H]1CO.O=C(CC(=S)C[C@@]1(c2cc(Br)cs2)CCOC[C@H]1CO)c1ccccc1.O=C(CC1=N[C@@]2(c3cc(Br)cs3)CCOC[C@H]2CS1)c1ccccc1. The van der Waals surface area contributed by atoms with Crippen molar-refractivity contribution in [1.29, 1.82) is 0 Å². The third-order valence-electron chi connectivity index (χ3n) is 23.4. The Kier molecular flexibility index (Phi) is 34.9. The Morgan fingerprint density at radius 2 is 1.01 bits per heavy atom. The maximum atomic E-state index is 13.5. The van der Waals surface area contributed by atoms with Crippen molar-refractivity contribution >= 4 is 216 Å². The second-order valence-corrected chi connectivity index (χ2v) is 44.2. The number of oxime groups is 1. The summed E-state index contributed by atoms with van der Waals surface area (Å²) in [5.74, 6) is 2.91. The molecular weight excluding hydrogens is 2040 g/mol. The number of thiocarbonyl (C=S) groups is 1. The van der Waals surface area contributed by atoms with Crippen LogP contribution in [0.5, 0.6) is 0 Å². The molecule has 18 rings (SSSR count). The lowest BCUT2D eigenvalue weighted by Crippen LogP contribution is -2.51. The van der Waals surface area contributed by atoms with Crippen molar-refractivity contribution in [2.24, 2.45) is 56.4 Å². The molecule has 654 valence electrons. The van der Waals surface area contributed by atoms with E-state index >= 15 is 0 Å². The van der Waals surface area contributed by atoms with Gasteiger partial charge >= 0.3 is 6.09 Å². The van der Waals surface area contributed by atoms with Gasteiger partial charge in [-0.3, -0.25) is 19.4 Å². The number of fused-ring (bicyclic) bond motifs is 4. The minimum Gasteiger partial charge on any atom is -0.443 e. The largest absolute Gasteiger partial charge is 0.443 e. The first-order valence-corrected chi connectivity index (χ1v) is 51.3. The molecule has 0 bridgehead atoms. The molecule has 20 nitrogen and oxygen atoms in total. The number of amides is 2. The third kappa shape index (κ3) is 23.6. The lowest BCUT2D eigenvalue weighted by atomic mass is 9.68. The molecule has 8 aromatic rings. The van der Waals surface area contributed by atoms with E-state index in [4.69, 9.17) is 70.7 Å². The summed E-state index contributed by atoms with van der Waals surface area (Å²) in [5, 5.41) is 34.9. The Balaban J connectivity index is 0.000000131. The molecule has 7 saturated heterocycles. The van der Waals surface area contributed by atoms with Crippen molar-refractivity contribution in [3.63, 3.8) is 0 Å². The number of halogens is 5. The number of carbonyl (C=O) groups excluding carboxylic acids is 4. The van der Waals surface area contributed by atoms with Gasteiger partial charge in [0, 0.05) is 212 Å². The van der Waals surface area contributed by atoms with Crippen molar-refractivity contribution in [3.8, 4) is 0 Å². The molecule has 0 aliphatic carbocycles. The Bertz CT molecular complexity index is 4930. The highest BCUT2D eigenvalue weighted by molar-refractivity contribution is 9.11. The number of imide groups is 1. The second-order valence-electron chi connectivity index (χ2n) is 32.4. The maximum absolute atomic E-state index is 13.5. The lowest BCUT2D eigenvalue weighted by molar-refractivity contribution is -0.0218. The van der Waals surface area contributed by atoms with Crippen LogP contribution in [0.3, 0.4) is 0 Å². The Labute approximate surface area is 789 Å². The average Bonchev–Trinajstić information content (AvgIpc) is 1.40. The second kappa shape index (κ2) is 44.6. The molecule has 4 N–H and O–H groups in total. The highest BCUT2D eigenvalue weighted by Crippen LogP contribution is 2.53. The predicted octanol–water partition coefficient (Wildman–Crippen LogP) is 20.8. The molecule has 5 aromatic heterocycles. The number of carbonyl (C=O) groups is 4. The van der Waals surface area contributed by atoms with Gasteiger partial charge in [0.2, 0.25) is 0 Å². The van der Waals surface area contributed by atoms with Gasteiger partial charge < -0.3 is 58.7 Å². The summed E-state index contributed by atoms with van der Waals surface area (Å²) in [7, 11) is 0. The average molecular weight is 2140 g/mol. The summed E-state index contributed by atoms with van der Waals surface area (Å²) in [4.78, 5) is 75.0. The number of nitrogens with zero attached hydrogens (tertiary/aromatic N) is 4. The fourth-order valence-electron chi connectivity index (χ4n) is 16.6. The first kappa shape index (κ1) is 95.6. The first-order chi connectivity index (χ1) is 58.9. The zero-order chi connectivity index (χ0) is 86.1. The third-order valence-corrected chi connectivity index (χ3v) is 35.3. The van der Waals surface area contributed by atoms with Gasteiger partial charge in [0.1, 0.15) is 23.3 Å². The fraction of sp³-hybridized carbons (Fsp3) is 0.483. The summed E-state index contributed by atoms with van der Waals surface area (Å²) in [6.07, 6.45) is 5.74. The Morgan fingerprint density at radius 3 is 1.57 bits per heavy atom. The fourth-order valence-corrected chi connectivity index (χ4v) is 27.9.